The van der Waals surface area contributed by atoms with Gasteiger partial charge in [0.2, 0.25) is 0 Å². The average Bonchev–Trinajstić information content (AvgIpc) is 2.73. The van der Waals surface area contributed by atoms with Crippen molar-refractivity contribution in [1.82, 2.24) is 0 Å². The molecule has 0 aromatic heterocycles. The zero-order valence-electron chi connectivity index (χ0n) is 9.97. The normalized spacial score (nSPS) is 26.1. The Bertz CT molecular complexity index is 275. The largest absolute Gasteiger partial charge is 0.469 e. The van der Waals surface area contributed by atoms with Gasteiger partial charge in [-0.1, -0.05) is 19.0 Å². The van der Waals surface area contributed by atoms with Crippen molar-refractivity contribution in [2.24, 2.45) is 17.0 Å². The Morgan fingerprint density at radius 1 is 1.62 bits per heavy atom. The number of hydrogen-bond acceptors (Lipinski definition) is 5. The molecule has 1 aliphatic heterocycles. The quantitative estimate of drug-likeness (QED) is 0.343. The number of ether oxygens (including phenoxy) is 2. The third-order valence-electron chi connectivity index (χ3n) is 2.67. The van der Waals surface area contributed by atoms with Crippen molar-refractivity contribution in [2.75, 3.05) is 13.7 Å². The van der Waals surface area contributed by atoms with Crippen LogP contribution >= 0.6 is 0 Å². The molecule has 1 aliphatic rings. The first-order valence-electron chi connectivity index (χ1n) is 5.50. The van der Waals surface area contributed by atoms with Gasteiger partial charge in [0.1, 0.15) is 6.10 Å². The van der Waals surface area contributed by atoms with Gasteiger partial charge in [-0.05, 0) is 18.8 Å². The van der Waals surface area contributed by atoms with Crippen LogP contribution in [0, 0.1) is 11.8 Å². The molecule has 1 N–H and O–H groups in total. The van der Waals surface area contributed by atoms with E-state index in [0.29, 0.717) is 31.1 Å². The fourth-order valence-corrected chi connectivity index (χ4v) is 1.94. The maximum absolute atomic E-state index is 11.5. The lowest BCUT2D eigenvalue weighted by Crippen LogP contribution is -2.33. The van der Waals surface area contributed by atoms with Gasteiger partial charge < -0.3 is 14.7 Å². The summed E-state index contributed by atoms with van der Waals surface area (Å²) in [5.74, 6) is -0.282. The molecular formula is C11H19NO4. The van der Waals surface area contributed by atoms with Crippen molar-refractivity contribution in [1.29, 1.82) is 0 Å². The smallest absolute Gasteiger partial charge is 0.311 e. The van der Waals surface area contributed by atoms with Gasteiger partial charge in [0.05, 0.1) is 18.7 Å². The summed E-state index contributed by atoms with van der Waals surface area (Å²) in [4.78, 5) is 11.5. The summed E-state index contributed by atoms with van der Waals surface area (Å²) < 4.78 is 10.2. The molecule has 1 fully saturated rings. The molecule has 2 atom stereocenters. The molecule has 2 unspecified atom stereocenters. The monoisotopic (exact) mass is 229 g/mol. The molecule has 0 radical (unpaired) electrons. The van der Waals surface area contributed by atoms with Gasteiger partial charge in [-0.3, -0.25) is 4.79 Å². The Morgan fingerprint density at radius 2 is 2.31 bits per heavy atom. The van der Waals surface area contributed by atoms with Crippen molar-refractivity contribution in [3.63, 3.8) is 0 Å². The van der Waals surface area contributed by atoms with Gasteiger partial charge in [0.15, 0.2) is 0 Å². The van der Waals surface area contributed by atoms with E-state index in [1.54, 1.807) is 0 Å². The minimum atomic E-state index is -0.431. The van der Waals surface area contributed by atoms with Crippen LogP contribution in [0.25, 0.3) is 0 Å². The Labute approximate surface area is 95.4 Å². The van der Waals surface area contributed by atoms with Gasteiger partial charge >= 0.3 is 5.97 Å². The highest BCUT2D eigenvalue weighted by molar-refractivity contribution is 5.93. The summed E-state index contributed by atoms with van der Waals surface area (Å²) >= 11 is 0. The van der Waals surface area contributed by atoms with Gasteiger partial charge in [0.25, 0.3) is 0 Å². The molecule has 1 heterocycles. The highest BCUT2D eigenvalue weighted by Gasteiger charge is 2.38. The number of nitrogens with zero attached hydrogens (tertiary/aromatic N) is 1. The molecule has 0 aromatic carbocycles. The van der Waals surface area contributed by atoms with Gasteiger partial charge in [-0.25, -0.2) is 0 Å². The number of rotatable bonds is 4. The average molecular weight is 229 g/mol. The standard InChI is InChI=1S/C11H19NO4/c1-7(2)6-9(12-14)10-8(4-5-16-10)11(13)15-3/h7-8,10,14H,4-6H2,1-3H3/b12-9+. The molecule has 5 heteroatoms. The Morgan fingerprint density at radius 3 is 2.81 bits per heavy atom. The molecule has 0 saturated carbocycles. The first-order chi connectivity index (χ1) is 7.60. The first-order valence-corrected chi connectivity index (χ1v) is 5.50. The fourth-order valence-electron chi connectivity index (χ4n) is 1.94. The summed E-state index contributed by atoms with van der Waals surface area (Å²) in [6.45, 7) is 4.54. The number of hydrogen-bond donors (Lipinski definition) is 1. The van der Waals surface area contributed by atoms with E-state index in [4.69, 9.17) is 14.7 Å². The second kappa shape index (κ2) is 5.84. The Hall–Kier alpha value is -1.10. The topological polar surface area (TPSA) is 68.1 Å². The van der Waals surface area contributed by atoms with Crippen LogP contribution in [0.5, 0.6) is 0 Å². The summed E-state index contributed by atoms with van der Waals surface area (Å²) in [6.07, 6.45) is 0.809. The van der Waals surface area contributed by atoms with E-state index in [0.717, 1.165) is 0 Å². The summed E-state index contributed by atoms with van der Waals surface area (Å²) in [5.41, 5.74) is 0.530. The minimum Gasteiger partial charge on any atom is -0.469 e. The second-order valence-electron chi connectivity index (χ2n) is 4.40. The molecule has 1 saturated heterocycles. The lowest BCUT2D eigenvalue weighted by molar-refractivity contribution is -0.146. The minimum absolute atomic E-state index is 0.299. The summed E-state index contributed by atoms with van der Waals surface area (Å²) in [5, 5.41) is 12.2. The van der Waals surface area contributed by atoms with Crippen LogP contribution in [0.1, 0.15) is 26.7 Å². The van der Waals surface area contributed by atoms with Crippen molar-refractivity contribution >= 4 is 11.7 Å². The van der Waals surface area contributed by atoms with E-state index in [1.165, 1.54) is 7.11 Å². The Kier molecular flexibility index (Phi) is 4.73. The van der Waals surface area contributed by atoms with E-state index in [9.17, 15) is 4.79 Å². The molecule has 92 valence electrons. The molecular weight excluding hydrogens is 210 g/mol. The summed E-state index contributed by atoms with van der Waals surface area (Å²) in [6, 6.07) is 0. The van der Waals surface area contributed by atoms with E-state index < -0.39 is 6.10 Å². The third kappa shape index (κ3) is 2.95. The van der Waals surface area contributed by atoms with Crippen molar-refractivity contribution in [3.05, 3.63) is 0 Å². The van der Waals surface area contributed by atoms with E-state index in [-0.39, 0.29) is 11.9 Å². The Balaban J connectivity index is 2.73. The van der Waals surface area contributed by atoms with Crippen molar-refractivity contribution < 1.29 is 19.5 Å². The maximum Gasteiger partial charge on any atom is 0.311 e. The molecule has 1 rings (SSSR count). The van der Waals surface area contributed by atoms with Crippen LogP contribution in [0.4, 0.5) is 0 Å². The van der Waals surface area contributed by atoms with Crippen LogP contribution in [-0.2, 0) is 14.3 Å². The fraction of sp³-hybridized carbons (Fsp3) is 0.818. The SMILES string of the molecule is COC(=O)C1CCOC1/C(CC(C)C)=N/O. The van der Waals surface area contributed by atoms with Crippen LogP contribution < -0.4 is 0 Å². The zero-order chi connectivity index (χ0) is 12.1. The molecule has 0 spiro atoms. The molecule has 0 amide bonds. The maximum atomic E-state index is 11.5. The zero-order valence-corrected chi connectivity index (χ0v) is 9.97. The molecule has 0 aliphatic carbocycles. The highest BCUT2D eigenvalue weighted by atomic mass is 16.5. The van der Waals surface area contributed by atoms with E-state index >= 15 is 0 Å². The van der Waals surface area contributed by atoms with Gasteiger partial charge in [-0.2, -0.15) is 0 Å². The lowest BCUT2D eigenvalue weighted by atomic mass is 9.93. The molecule has 5 nitrogen and oxygen atoms in total. The number of carbonyl (C=O) groups excluding carboxylic acids is 1. The predicted octanol–water partition coefficient (Wildman–Crippen LogP) is 1.44. The van der Waals surface area contributed by atoms with E-state index in [1.807, 2.05) is 13.8 Å². The highest BCUT2D eigenvalue weighted by Crippen LogP contribution is 2.25. The van der Waals surface area contributed by atoms with Crippen LogP contribution in [0.15, 0.2) is 5.16 Å². The van der Waals surface area contributed by atoms with Gasteiger partial charge in [0, 0.05) is 6.61 Å². The number of oxime groups is 1. The number of methoxy groups -OCH3 is 1. The van der Waals surface area contributed by atoms with Crippen LogP contribution in [-0.4, -0.2) is 36.7 Å². The number of carbonyl (C=O) groups is 1. The second-order valence-corrected chi connectivity index (χ2v) is 4.40. The van der Waals surface area contributed by atoms with E-state index in [2.05, 4.69) is 5.16 Å². The lowest BCUT2D eigenvalue weighted by Gasteiger charge is -2.18. The van der Waals surface area contributed by atoms with Gasteiger partial charge in [-0.15, -0.1) is 0 Å². The van der Waals surface area contributed by atoms with Crippen molar-refractivity contribution in [3.8, 4) is 0 Å². The molecule has 0 bridgehead atoms. The first kappa shape index (κ1) is 13.0. The third-order valence-corrected chi connectivity index (χ3v) is 2.67. The van der Waals surface area contributed by atoms with Crippen molar-refractivity contribution in [2.45, 2.75) is 32.8 Å². The van der Waals surface area contributed by atoms with Crippen LogP contribution in [0.3, 0.4) is 0 Å². The van der Waals surface area contributed by atoms with Crippen LogP contribution in [0.2, 0.25) is 0 Å². The molecule has 16 heavy (non-hydrogen) atoms. The number of esters is 1. The summed E-state index contributed by atoms with van der Waals surface area (Å²) in [7, 11) is 1.36. The predicted molar refractivity (Wildman–Crippen MR) is 58.5 cm³/mol. The molecule has 0 aromatic rings.